The highest BCUT2D eigenvalue weighted by Gasteiger charge is 1.95. The lowest BCUT2D eigenvalue weighted by molar-refractivity contribution is 0.393. The van der Waals surface area contributed by atoms with Crippen molar-refractivity contribution in [2.45, 2.75) is 6.92 Å². The molecule has 0 bridgehead atoms. The first-order chi connectivity index (χ1) is 4.74. The number of H-pyrrole nitrogens is 1. The number of aromatic nitrogens is 1. The molecule has 1 aromatic rings. The summed E-state index contributed by atoms with van der Waals surface area (Å²) < 4.78 is 4.87. The largest absolute Gasteiger partial charge is 0.482 e. The third-order valence-electron chi connectivity index (χ3n) is 1.28. The molecule has 0 saturated carbocycles. The van der Waals surface area contributed by atoms with Gasteiger partial charge in [0, 0.05) is 11.6 Å². The molecule has 0 aliphatic rings. The standard InChI is InChI=1S/C7H9NO2/c1-5-3-4-6(9)8-7(5)10-2/h3-4H,1-2H3,(H,8,9). The molecule has 1 heterocycles. The van der Waals surface area contributed by atoms with E-state index in [4.69, 9.17) is 4.74 Å². The monoisotopic (exact) mass is 139 g/mol. The zero-order valence-electron chi connectivity index (χ0n) is 5.97. The van der Waals surface area contributed by atoms with Crippen LogP contribution in [0.15, 0.2) is 16.9 Å². The molecule has 0 atom stereocenters. The van der Waals surface area contributed by atoms with Gasteiger partial charge in [-0.15, -0.1) is 0 Å². The van der Waals surface area contributed by atoms with Crippen LogP contribution in [0.1, 0.15) is 5.56 Å². The van der Waals surface area contributed by atoms with Crippen molar-refractivity contribution in [2.75, 3.05) is 7.11 Å². The lowest BCUT2D eigenvalue weighted by Gasteiger charge is -2.00. The van der Waals surface area contributed by atoms with Gasteiger partial charge in [0.15, 0.2) is 5.88 Å². The smallest absolute Gasteiger partial charge is 0.250 e. The average Bonchev–Trinajstić information content (AvgIpc) is 1.94. The Kier molecular flexibility index (Phi) is 1.76. The average molecular weight is 139 g/mol. The summed E-state index contributed by atoms with van der Waals surface area (Å²) in [7, 11) is 1.53. The van der Waals surface area contributed by atoms with Crippen LogP contribution in [0, 0.1) is 6.92 Å². The first-order valence-electron chi connectivity index (χ1n) is 2.98. The summed E-state index contributed by atoms with van der Waals surface area (Å²) >= 11 is 0. The summed E-state index contributed by atoms with van der Waals surface area (Å²) in [6.45, 7) is 1.87. The van der Waals surface area contributed by atoms with Crippen LogP contribution in [0.5, 0.6) is 5.88 Å². The number of hydrogen-bond donors (Lipinski definition) is 1. The van der Waals surface area contributed by atoms with Crippen LogP contribution in [0.4, 0.5) is 0 Å². The van der Waals surface area contributed by atoms with Crippen LogP contribution < -0.4 is 10.3 Å². The third kappa shape index (κ3) is 1.18. The molecule has 3 nitrogen and oxygen atoms in total. The first kappa shape index (κ1) is 6.86. The van der Waals surface area contributed by atoms with Crippen LogP contribution in [0.2, 0.25) is 0 Å². The summed E-state index contributed by atoms with van der Waals surface area (Å²) in [5.74, 6) is 0.535. The highest BCUT2D eigenvalue weighted by Crippen LogP contribution is 2.07. The zero-order valence-corrected chi connectivity index (χ0v) is 5.97. The van der Waals surface area contributed by atoms with Crippen molar-refractivity contribution in [3.05, 3.63) is 28.0 Å². The minimum absolute atomic E-state index is 0.137. The minimum Gasteiger partial charge on any atom is -0.482 e. The maximum Gasteiger partial charge on any atom is 0.250 e. The number of ether oxygens (including phenoxy) is 1. The first-order valence-corrected chi connectivity index (χ1v) is 2.98. The number of methoxy groups -OCH3 is 1. The van der Waals surface area contributed by atoms with Crippen molar-refractivity contribution in [3.63, 3.8) is 0 Å². The molecule has 1 N–H and O–H groups in total. The van der Waals surface area contributed by atoms with E-state index in [9.17, 15) is 4.79 Å². The summed E-state index contributed by atoms with van der Waals surface area (Å²) in [5.41, 5.74) is 0.796. The number of hydrogen-bond acceptors (Lipinski definition) is 2. The van der Waals surface area contributed by atoms with E-state index in [-0.39, 0.29) is 5.56 Å². The van der Waals surface area contributed by atoms with Crippen LogP contribution in [0.3, 0.4) is 0 Å². The molecule has 0 unspecified atom stereocenters. The maximum atomic E-state index is 10.7. The second-order valence-electron chi connectivity index (χ2n) is 2.04. The van der Waals surface area contributed by atoms with Gasteiger partial charge < -0.3 is 4.74 Å². The van der Waals surface area contributed by atoms with Gasteiger partial charge in [-0.2, -0.15) is 0 Å². The fourth-order valence-electron chi connectivity index (χ4n) is 0.741. The van der Waals surface area contributed by atoms with E-state index in [1.54, 1.807) is 6.07 Å². The molecule has 3 heteroatoms. The van der Waals surface area contributed by atoms with E-state index in [2.05, 4.69) is 4.98 Å². The van der Waals surface area contributed by atoms with Gasteiger partial charge in [-0.3, -0.25) is 9.78 Å². The van der Waals surface area contributed by atoms with Gasteiger partial charge in [0.05, 0.1) is 7.11 Å². The normalized spacial score (nSPS) is 9.40. The minimum atomic E-state index is -0.137. The lowest BCUT2D eigenvalue weighted by Crippen LogP contribution is -2.05. The topological polar surface area (TPSA) is 42.1 Å². The van der Waals surface area contributed by atoms with E-state index >= 15 is 0 Å². The maximum absolute atomic E-state index is 10.7. The van der Waals surface area contributed by atoms with Gasteiger partial charge in [-0.25, -0.2) is 0 Å². The Morgan fingerprint density at radius 2 is 2.20 bits per heavy atom. The van der Waals surface area contributed by atoms with Crippen LogP contribution >= 0.6 is 0 Å². The van der Waals surface area contributed by atoms with Gasteiger partial charge in [0.2, 0.25) is 0 Å². The van der Waals surface area contributed by atoms with E-state index in [0.717, 1.165) is 5.56 Å². The number of aryl methyl sites for hydroxylation is 1. The number of pyridine rings is 1. The molecule has 0 spiro atoms. The van der Waals surface area contributed by atoms with Crippen molar-refractivity contribution in [3.8, 4) is 5.88 Å². The van der Waals surface area contributed by atoms with E-state index in [1.807, 2.05) is 6.92 Å². The van der Waals surface area contributed by atoms with E-state index in [1.165, 1.54) is 13.2 Å². The van der Waals surface area contributed by atoms with Gasteiger partial charge in [-0.05, 0) is 13.0 Å². The Morgan fingerprint density at radius 3 is 2.70 bits per heavy atom. The van der Waals surface area contributed by atoms with E-state index < -0.39 is 0 Å². The summed E-state index contributed by atoms with van der Waals surface area (Å²) in [6, 6.07) is 3.19. The van der Waals surface area contributed by atoms with Gasteiger partial charge in [0.25, 0.3) is 5.56 Å². The molecule has 0 saturated heterocycles. The lowest BCUT2D eigenvalue weighted by atomic mass is 10.3. The summed E-state index contributed by atoms with van der Waals surface area (Å²) in [5, 5.41) is 0. The fourth-order valence-corrected chi connectivity index (χ4v) is 0.741. The van der Waals surface area contributed by atoms with Gasteiger partial charge in [0.1, 0.15) is 0 Å². The zero-order chi connectivity index (χ0) is 7.56. The highest BCUT2D eigenvalue weighted by atomic mass is 16.5. The van der Waals surface area contributed by atoms with Crippen LogP contribution in [-0.2, 0) is 0 Å². The van der Waals surface area contributed by atoms with Crippen LogP contribution in [-0.4, -0.2) is 12.1 Å². The van der Waals surface area contributed by atoms with Crippen molar-refractivity contribution in [2.24, 2.45) is 0 Å². The van der Waals surface area contributed by atoms with Crippen molar-refractivity contribution >= 4 is 0 Å². The van der Waals surface area contributed by atoms with Crippen molar-refractivity contribution < 1.29 is 4.74 Å². The Bertz CT molecular complexity index is 277. The molecular weight excluding hydrogens is 130 g/mol. The molecule has 0 amide bonds. The predicted molar refractivity (Wildman–Crippen MR) is 38.4 cm³/mol. The summed E-state index contributed by atoms with van der Waals surface area (Å²) in [4.78, 5) is 13.2. The second kappa shape index (κ2) is 2.56. The quantitative estimate of drug-likeness (QED) is 0.622. The molecule has 1 rings (SSSR count). The van der Waals surface area contributed by atoms with Gasteiger partial charge >= 0.3 is 0 Å². The van der Waals surface area contributed by atoms with Crippen molar-refractivity contribution in [1.82, 2.24) is 4.98 Å². The Labute approximate surface area is 58.7 Å². The fraction of sp³-hybridized carbons (Fsp3) is 0.286. The molecule has 54 valence electrons. The van der Waals surface area contributed by atoms with Crippen molar-refractivity contribution in [1.29, 1.82) is 0 Å². The van der Waals surface area contributed by atoms with E-state index in [0.29, 0.717) is 5.88 Å². The summed E-state index contributed by atoms with van der Waals surface area (Å²) in [6.07, 6.45) is 0. The molecule has 0 aliphatic carbocycles. The molecule has 10 heavy (non-hydrogen) atoms. The molecule has 0 radical (unpaired) electrons. The molecule has 0 aromatic carbocycles. The Balaban J connectivity index is 3.22. The van der Waals surface area contributed by atoms with Crippen LogP contribution in [0.25, 0.3) is 0 Å². The molecule has 1 aromatic heterocycles. The Hall–Kier alpha value is -1.25. The second-order valence-corrected chi connectivity index (χ2v) is 2.04. The number of nitrogens with one attached hydrogen (secondary N) is 1. The molecule has 0 aliphatic heterocycles. The number of rotatable bonds is 1. The Morgan fingerprint density at radius 1 is 1.50 bits per heavy atom. The predicted octanol–water partition coefficient (Wildman–Crippen LogP) is 0.692. The SMILES string of the molecule is COc1[nH]c(=O)ccc1C. The highest BCUT2D eigenvalue weighted by molar-refractivity contribution is 5.22. The third-order valence-corrected chi connectivity index (χ3v) is 1.28. The molecular formula is C7H9NO2. The number of aromatic amines is 1. The van der Waals surface area contributed by atoms with Gasteiger partial charge in [-0.1, -0.05) is 0 Å². The molecule has 0 fully saturated rings.